The highest BCUT2D eigenvalue weighted by Crippen LogP contribution is 2.06. The Morgan fingerprint density at radius 1 is 1.19 bits per heavy atom. The van der Waals surface area contributed by atoms with E-state index in [-0.39, 0.29) is 0 Å². The number of carboxylic acids is 2. The summed E-state index contributed by atoms with van der Waals surface area (Å²) in [6.45, 7) is 4.40. The van der Waals surface area contributed by atoms with Crippen LogP contribution >= 0.6 is 0 Å². The molecule has 0 spiro atoms. The molecule has 0 saturated carbocycles. The Kier molecular flexibility index (Phi) is 4.74. The van der Waals surface area contributed by atoms with Gasteiger partial charge in [-0.15, -0.1) is 0 Å². The molecular formula is C9H15NO6. The van der Waals surface area contributed by atoms with Gasteiger partial charge in [0.2, 0.25) is 0 Å². The van der Waals surface area contributed by atoms with Gasteiger partial charge in [0.1, 0.15) is 5.60 Å². The van der Waals surface area contributed by atoms with Crippen LogP contribution in [0.25, 0.3) is 0 Å². The highest BCUT2D eigenvalue weighted by atomic mass is 16.6. The van der Waals surface area contributed by atoms with E-state index < -0.39 is 36.1 Å². The third kappa shape index (κ3) is 5.84. The van der Waals surface area contributed by atoms with Crippen LogP contribution in [0.2, 0.25) is 0 Å². The SMILES string of the molecule is CC(C)(C)OC(=O)NCC(C(=O)O)C(=O)O. The van der Waals surface area contributed by atoms with Crippen LogP contribution in [0.1, 0.15) is 20.8 Å². The Balaban J connectivity index is 4.18. The average molecular weight is 233 g/mol. The number of hydrogen-bond acceptors (Lipinski definition) is 4. The molecule has 0 atom stereocenters. The monoisotopic (exact) mass is 233 g/mol. The molecule has 0 bridgehead atoms. The van der Waals surface area contributed by atoms with Gasteiger partial charge in [-0.1, -0.05) is 0 Å². The second-order valence-corrected chi connectivity index (χ2v) is 4.11. The number of carboxylic acid groups (broad SMARTS) is 2. The summed E-state index contributed by atoms with van der Waals surface area (Å²) in [5.41, 5.74) is -0.716. The molecule has 0 aliphatic carbocycles. The first-order chi connectivity index (χ1) is 7.13. The maximum atomic E-state index is 11.1. The summed E-state index contributed by atoms with van der Waals surface area (Å²) in [5.74, 6) is -4.69. The van der Waals surface area contributed by atoms with Crippen molar-refractivity contribution in [2.45, 2.75) is 26.4 Å². The normalized spacial score (nSPS) is 11.0. The molecule has 16 heavy (non-hydrogen) atoms. The fourth-order valence-electron chi connectivity index (χ4n) is 0.780. The number of carbonyl (C=O) groups is 3. The van der Waals surface area contributed by atoms with Gasteiger partial charge in [0.05, 0.1) is 0 Å². The summed E-state index contributed by atoms with van der Waals surface area (Å²) < 4.78 is 4.81. The number of nitrogens with one attached hydrogen (secondary N) is 1. The van der Waals surface area contributed by atoms with Crippen molar-refractivity contribution in [3.8, 4) is 0 Å². The maximum Gasteiger partial charge on any atom is 0.407 e. The Hall–Kier alpha value is -1.79. The first-order valence-corrected chi connectivity index (χ1v) is 4.56. The van der Waals surface area contributed by atoms with Crippen molar-refractivity contribution in [1.82, 2.24) is 5.32 Å². The quantitative estimate of drug-likeness (QED) is 0.602. The molecule has 0 heterocycles. The summed E-state index contributed by atoms with van der Waals surface area (Å²) in [5, 5.41) is 19.1. The van der Waals surface area contributed by atoms with Gasteiger partial charge < -0.3 is 20.3 Å². The number of amides is 1. The zero-order valence-corrected chi connectivity index (χ0v) is 9.31. The second kappa shape index (κ2) is 5.34. The van der Waals surface area contributed by atoms with Crippen LogP contribution in [0, 0.1) is 5.92 Å². The Morgan fingerprint density at radius 2 is 1.62 bits per heavy atom. The van der Waals surface area contributed by atoms with E-state index in [1.54, 1.807) is 20.8 Å². The predicted molar refractivity (Wildman–Crippen MR) is 53.0 cm³/mol. The topological polar surface area (TPSA) is 113 Å². The van der Waals surface area contributed by atoms with Crippen LogP contribution in [-0.4, -0.2) is 40.4 Å². The van der Waals surface area contributed by atoms with Crippen molar-refractivity contribution < 1.29 is 29.3 Å². The van der Waals surface area contributed by atoms with Gasteiger partial charge >= 0.3 is 18.0 Å². The molecule has 0 unspecified atom stereocenters. The number of alkyl carbamates (subject to hydrolysis) is 1. The molecule has 0 saturated heterocycles. The van der Waals surface area contributed by atoms with Gasteiger partial charge in [-0.2, -0.15) is 0 Å². The number of hydrogen-bond donors (Lipinski definition) is 3. The highest BCUT2D eigenvalue weighted by molar-refractivity contribution is 5.93. The summed E-state index contributed by atoms with van der Waals surface area (Å²) in [6.07, 6.45) is -0.847. The van der Waals surface area contributed by atoms with Crippen molar-refractivity contribution in [3.05, 3.63) is 0 Å². The lowest BCUT2D eigenvalue weighted by Gasteiger charge is -2.20. The zero-order chi connectivity index (χ0) is 12.9. The maximum absolute atomic E-state index is 11.1. The van der Waals surface area contributed by atoms with Gasteiger partial charge in [0.25, 0.3) is 0 Å². The fourth-order valence-corrected chi connectivity index (χ4v) is 0.780. The van der Waals surface area contributed by atoms with Crippen LogP contribution < -0.4 is 5.32 Å². The van der Waals surface area contributed by atoms with E-state index in [0.29, 0.717) is 0 Å². The summed E-state index contributed by atoms with van der Waals surface area (Å²) in [7, 11) is 0. The van der Waals surface area contributed by atoms with E-state index in [2.05, 4.69) is 5.32 Å². The van der Waals surface area contributed by atoms with Gasteiger partial charge in [0, 0.05) is 6.54 Å². The minimum atomic E-state index is -1.67. The molecule has 0 aromatic rings. The van der Waals surface area contributed by atoms with Gasteiger partial charge in [-0.3, -0.25) is 9.59 Å². The Bertz CT molecular complexity index is 279. The van der Waals surface area contributed by atoms with Crippen LogP contribution in [0.4, 0.5) is 4.79 Å². The minimum Gasteiger partial charge on any atom is -0.481 e. The van der Waals surface area contributed by atoms with Gasteiger partial charge in [0.15, 0.2) is 5.92 Å². The van der Waals surface area contributed by atoms with E-state index in [1.165, 1.54) is 0 Å². The average Bonchev–Trinajstić information content (AvgIpc) is 1.98. The molecule has 92 valence electrons. The van der Waals surface area contributed by atoms with Crippen molar-refractivity contribution in [1.29, 1.82) is 0 Å². The molecule has 0 aromatic carbocycles. The van der Waals surface area contributed by atoms with Crippen LogP contribution in [0.15, 0.2) is 0 Å². The lowest BCUT2D eigenvalue weighted by molar-refractivity contribution is -0.154. The number of rotatable bonds is 4. The molecule has 1 amide bonds. The molecule has 0 aliphatic heterocycles. The van der Waals surface area contributed by atoms with Crippen molar-refractivity contribution in [2.75, 3.05) is 6.54 Å². The Morgan fingerprint density at radius 3 is 1.94 bits per heavy atom. The van der Waals surface area contributed by atoms with E-state index in [9.17, 15) is 14.4 Å². The van der Waals surface area contributed by atoms with Crippen molar-refractivity contribution in [2.24, 2.45) is 5.92 Å². The predicted octanol–water partition coefficient (Wildman–Crippen LogP) is 0.296. The molecule has 0 radical (unpaired) electrons. The van der Waals surface area contributed by atoms with Crippen LogP contribution in [0.3, 0.4) is 0 Å². The van der Waals surface area contributed by atoms with Gasteiger partial charge in [-0.05, 0) is 20.8 Å². The molecule has 0 rings (SSSR count). The summed E-state index contributed by atoms with van der Waals surface area (Å²) in [4.78, 5) is 32.0. The molecule has 7 heteroatoms. The molecule has 0 aromatic heterocycles. The molecule has 0 aliphatic rings. The van der Waals surface area contributed by atoms with Crippen LogP contribution in [0.5, 0.6) is 0 Å². The first kappa shape index (κ1) is 14.2. The number of carbonyl (C=O) groups excluding carboxylic acids is 1. The summed E-state index contributed by atoms with van der Waals surface area (Å²) in [6, 6.07) is 0. The lowest BCUT2D eigenvalue weighted by Crippen LogP contribution is -2.39. The zero-order valence-electron chi connectivity index (χ0n) is 9.31. The van der Waals surface area contributed by atoms with Crippen molar-refractivity contribution in [3.63, 3.8) is 0 Å². The van der Waals surface area contributed by atoms with Crippen LogP contribution in [-0.2, 0) is 14.3 Å². The highest BCUT2D eigenvalue weighted by Gasteiger charge is 2.27. The standard InChI is InChI=1S/C9H15NO6/c1-9(2,3)16-8(15)10-4-5(6(11)12)7(13)14/h5H,4H2,1-3H3,(H,10,15)(H,11,12)(H,13,14). The first-order valence-electron chi connectivity index (χ1n) is 4.56. The van der Waals surface area contributed by atoms with E-state index in [1.807, 2.05) is 0 Å². The smallest absolute Gasteiger partial charge is 0.407 e. The van der Waals surface area contributed by atoms with E-state index >= 15 is 0 Å². The van der Waals surface area contributed by atoms with Crippen molar-refractivity contribution >= 4 is 18.0 Å². The third-order valence-electron chi connectivity index (χ3n) is 1.45. The number of ether oxygens (including phenoxy) is 1. The molecule has 0 fully saturated rings. The fraction of sp³-hybridized carbons (Fsp3) is 0.667. The minimum absolute atomic E-state index is 0.514. The van der Waals surface area contributed by atoms with E-state index in [0.717, 1.165) is 0 Å². The summed E-state index contributed by atoms with van der Waals surface area (Å²) >= 11 is 0. The van der Waals surface area contributed by atoms with Gasteiger partial charge in [-0.25, -0.2) is 4.79 Å². The molecule has 3 N–H and O–H groups in total. The third-order valence-corrected chi connectivity index (χ3v) is 1.45. The lowest BCUT2D eigenvalue weighted by atomic mass is 10.1. The molecular weight excluding hydrogens is 218 g/mol. The number of aliphatic carboxylic acids is 2. The molecule has 7 nitrogen and oxygen atoms in total. The Labute approximate surface area is 92.4 Å². The second-order valence-electron chi connectivity index (χ2n) is 4.11. The van der Waals surface area contributed by atoms with E-state index in [4.69, 9.17) is 14.9 Å². The largest absolute Gasteiger partial charge is 0.481 e.